The van der Waals surface area contributed by atoms with E-state index >= 15 is 0 Å². The minimum absolute atomic E-state index is 0.158. The molecule has 3 aromatic rings. The van der Waals surface area contributed by atoms with Crippen LogP contribution in [-0.4, -0.2) is 50.4 Å². The van der Waals surface area contributed by atoms with Crippen LogP contribution in [0.1, 0.15) is 12.0 Å². The highest BCUT2D eigenvalue weighted by atomic mass is 32.2. The molecule has 1 saturated heterocycles. The fourth-order valence-electron chi connectivity index (χ4n) is 3.43. The van der Waals surface area contributed by atoms with Gasteiger partial charge in [-0.25, -0.2) is 22.9 Å². The van der Waals surface area contributed by atoms with E-state index in [0.29, 0.717) is 48.6 Å². The summed E-state index contributed by atoms with van der Waals surface area (Å²) in [5.41, 5.74) is 2.03. The normalized spacial score (nSPS) is 14.7. The summed E-state index contributed by atoms with van der Waals surface area (Å²) in [7, 11) is -3.54. The largest absolute Gasteiger partial charge is 0.457 e. The molecule has 31 heavy (non-hydrogen) atoms. The van der Waals surface area contributed by atoms with Crippen molar-refractivity contribution in [2.75, 3.05) is 37.0 Å². The zero-order valence-electron chi connectivity index (χ0n) is 16.8. The number of hydrogen-bond donors (Lipinski definition) is 1. The molecule has 0 bridgehead atoms. The molecule has 2 aromatic carbocycles. The molecule has 8 nitrogen and oxygen atoms in total. The summed E-state index contributed by atoms with van der Waals surface area (Å²) in [6.45, 7) is 2.83. The predicted octanol–water partition coefficient (Wildman–Crippen LogP) is 2.62. The lowest BCUT2D eigenvalue weighted by Gasteiger charge is -2.27. The number of nitrogens with two attached hydrogens (primary N) is 1. The summed E-state index contributed by atoms with van der Waals surface area (Å²) in [5, 5.41) is 5.02. The first kappa shape index (κ1) is 21.4. The Morgan fingerprint density at radius 3 is 2.68 bits per heavy atom. The second-order valence-electron chi connectivity index (χ2n) is 7.35. The molecular weight excluding hydrogens is 423 g/mol. The van der Waals surface area contributed by atoms with E-state index in [-0.39, 0.29) is 5.75 Å². The van der Waals surface area contributed by atoms with Crippen LogP contribution in [0.4, 0.5) is 10.2 Å². The topological polar surface area (TPSA) is 108 Å². The van der Waals surface area contributed by atoms with Crippen LogP contribution in [0.25, 0.3) is 11.0 Å². The molecule has 4 rings (SSSR count). The molecule has 0 saturated carbocycles. The summed E-state index contributed by atoms with van der Waals surface area (Å²) in [6.07, 6.45) is 2.42. The minimum Gasteiger partial charge on any atom is -0.457 e. The van der Waals surface area contributed by atoms with Gasteiger partial charge in [-0.2, -0.15) is 0 Å². The maximum Gasteiger partial charge on any atom is 0.209 e. The van der Waals surface area contributed by atoms with Crippen molar-refractivity contribution in [3.63, 3.8) is 0 Å². The number of rotatable bonds is 7. The second kappa shape index (κ2) is 9.13. The summed E-state index contributed by atoms with van der Waals surface area (Å²) < 4.78 is 47.5. The van der Waals surface area contributed by atoms with Gasteiger partial charge in [-0.15, -0.1) is 0 Å². The lowest BCUT2D eigenvalue weighted by molar-refractivity contribution is 0.122. The van der Waals surface area contributed by atoms with Crippen LogP contribution < -0.4 is 14.8 Å². The van der Waals surface area contributed by atoms with Gasteiger partial charge in [-0.05, 0) is 42.7 Å². The van der Waals surface area contributed by atoms with Crippen molar-refractivity contribution in [2.45, 2.75) is 12.8 Å². The number of nitrogens with zero attached hydrogens (tertiary/aromatic N) is 3. The smallest absolute Gasteiger partial charge is 0.209 e. The molecule has 0 unspecified atom stereocenters. The highest BCUT2D eigenvalue weighted by Gasteiger charge is 2.14. The van der Waals surface area contributed by atoms with E-state index in [1.807, 2.05) is 0 Å². The Labute approximate surface area is 179 Å². The molecule has 0 atom stereocenters. The second-order valence-corrected chi connectivity index (χ2v) is 9.08. The number of sulfonamides is 1. The predicted molar refractivity (Wildman–Crippen MR) is 115 cm³/mol. The lowest BCUT2D eigenvalue weighted by atomic mass is 10.1. The highest BCUT2D eigenvalue weighted by molar-refractivity contribution is 7.89. The number of ether oxygens (including phenoxy) is 2. The van der Waals surface area contributed by atoms with Crippen molar-refractivity contribution in [3.05, 3.63) is 54.0 Å². The van der Waals surface area contributed by atoms with Crippen LogP contribution in [0, 0.1) is 5.82 Å². The Morgan fingerprint density at radius 1 is 1.10 bits per heavy atom. The molecule has 2 heterocycles. The first-order valence-electron chi connectivity index (χ1n) is 9.93. The number of morpholine rings is 1. The van der Waals surface area contributed by atoms with Crippen molar-refractivity contribution in [3.8, 4) is 11.5 Å². The van der Waals surface area contributed by atoms with Gasteiger partial charge in [0.15, 0.2) is 0 Å². The monoisotopic (exact) mass is 446 g/mol. The van der Waals surface area contributed by atoms with Gasteiger partial charge in [0.1, 0.15) is 23.1 Å². The van der Waals surface area contributed by atoms with Crippen molar-refractivity contribution in [1.82, 2.24) is 9.97 Å². The molecule has 0 amide bonds. The molecule has 1 aliphatic rings. The highest BCUT2D eigenvalue weighted by Crippen LogP contribution is 2.27. The Morgan fingerprint density at radius 2 is 1.90 bits per heavy atom. The molecule has 0 aliphatic carbocycles. The minimum atomic E-state index is -3.54. The third kappa shape index (κ3) is 5.87. The SMILES string of the molecule is NS(=O)(=O)CCCc1cc(F)cc(Oc2ccc3ncc(N4CCOCC4)nc3c2)c1. The molecule has 0 spiro atoms. The molecule has 10 heteroatoms. The van der Waals surface area contributed by atoms with Crippen LogP contribution >= 0.6 is 0 Å². The summed E-state index contributed by atoms with van der Waals surface area (Å²) in [4.78, 5) is 11.3. The van der Waals surface area contributed by atoms with Crippen LogP contribution in [0.2, 0.25) is 0 Å². The van der Waals surface area contributed by atoms with Crippen molar-refractivity contribution in [2.24, 2.45) is 5.14 Å². The first-order chi connectivity index (χ1) is 14.9. The van der Waals surface area contributed by atoms with E-state index < -0.39 is 15.8 Å². The molecule has 0 radical (unpaired) electrons. The van der Waals surface area contributed by atoms with Crippen LogP contribution in [0.3, 0.4) is 0 Å². The third-order valence-corrected chi connectivity index (χ3v) is 5.75. The molecule has 164 valence electrons. The fraction of sp³-hybridized carbons (Fsp3) is 0.333. The van der Waals surface area contributed by atoms with Gasteiger partial charge in [0.25, 0.3) is 0 Å². The fourth-order valence-corrected chi connectivity index (χ4v) is 3.97. The average molecular weight is 447 g/mol. The van der Waals surface area contributed by atoms with Gasteiger partial charge in [0, 0.05) is 25.2 Å². The Kier molecular flexibility index (Phi) is 6.30. The molecule has 1 aromatic heterocycles. The van der Waals surface area contributed by atoms with Gasteiger partial charge in [-0.1, -0.05) is 0 Å². The maximum atomic E-state index is 14.0. The zero-order chi connectivity index (χ0) is 21.8. The van der Waals surface area contributed by atoms with E-state index in [0.717, 1.165) is 24.4 Å². The average Bonchev–Trinajstić information content (AvgIpc) is 2.72. The number of fused-ring (bicyclic) bond motifs is 1. The third-order valence-electron chi connectivity index (χ3n) is 4.90. The molecule has 1 fully saturated rings. The van der Waals surface area contributed by atoms with E-state index in [2.05, 4.69) is 14.9 Å². The summed E-state index contributed by atoms with van der Waals surface area (Å²) in [5.74, 6) is 0.979. The number of aromatic nitrogens is 2. The van der Waals surface area contributed by atoms with Crippen LogP contribution in [0.15, 0.2) is 42.6 Å². The van der Waals surface area contributed by atoms with Gasteiger partial charge < -0.3 is 14.4 Å². The van der Waals surface area contributed by atoms with Crippen molar-refractivity contribution >= 4 is 26.9 Å². The Balaban J connectivity index is 1.52. The van der Waals surface area contributed by atoms with Crippen molar-refractivity contribution < 1.29 is 22.3 Å². The first-order valence-corrected chi connectivity index (χ1v) is 11.6. The van der Waals surface area contributed by atoms with Gasteiger partial charge in [0.05, 0.1) is 36.2 Å². The van der Waals surface area contributed by atoms with Crippen LogP contribution in [-0.2, 0) is 21.2 Å². The Bertz CT molecular complexity index is 1180. The summed E-state index contributed by atoms with van der Waals surface area (Å²) in [6, 6.07) is 9.63. The quantitative estimate of drug-likeness (QED) is 0.594. The number of aryl methyl sites for hydroxylation is 1. The van der Waals surface area contributed by atoms with Gasteiger partial charge in [0.2, 0.25) is 10.0 Å². The number of anilines is 1. The summed E-state index contributed by atoms with van der Waals surface area (Å²) >= 11 is 0. The van der Waals surface area contributed by atoms with E-state index in [4.69, 9.17) is 14.6 Å². The van der Waals surface area contributed by atoms with E-state index in [1.165, 1.54) is 12.1 Å². The number of benzene rings is 2. The van der Waals surface area contributed by atoms with Gasteiger partial charge in [-0.3, -0.25) is 4.98 Å². The van der Waals surface area contributed by atoms with E-state index in [1.54, 1.807) is 30.5 Å². The van der Waals surface area contributed by atoms with E-state index in [9.17, 15) is 12.8 Å². The number of hydrogen-bond acceptors (Lipinski definition) is 7. The Hall–Kier alpha value is -2.82. The molecular formula is C21H23FN4O4S. The standard InChI is InChI=1S/C21H23FN4O4S/c22-16-10-15(2-1-9-31(23,27)28)11-18(12-16)30-17-3-4-19-20(13-17)25-21(14-24-19)26-5-7-29-8-6-26/h3-4,10-14H,1-2,5-9H2,(H2,23,27,28). The number of halogens is 1. The van der Waals surface area contributed by atoms with Crippen molar-refractivity contribution in [1.29, 1.82) is 0 Å². The zero-order valence-corrected chi connectivity index (χ0v) is 17.6. The maximum absolute atomic E-state index is 14.0. The van der Waals surface area contributed by atoms with Gasteiger partial charge >= 0.3 is 0 Å². The molecule has 1 aliphatic heterocycles. The number of primary sulfonamides is 1. The van der Waals surface area contributed by atoms with Crippen LogP contribution in [0.5, 0.6) is 11.5 Å². The molecule has 2 N–H and O–H groups in total. The lowest BCUT2D eigenvalue weighted by Crippen LogP contribution is -2.36.